The van der Waals surface area contributed by atoms with Gasteiger partial charge in [-0.2, -0.15) is 0 Å². The fourth-order valence-electron chi connectivity index (χ4n) is 7.48. The van der Waals surface area contributed by atoms with Crippen LogP contribution in [0.5, 0.6) is 0 Å². The second kappa shape index (κ2) is 14.9. The molecule has 2 saturated heterocycles. The minimum Gasteiger partial charge on any atom is -0.444 e. The third-order valence-electron chi connectivity index (χ3n) is 9.52. The Morgan fingerprint density at radius 1 is 0.595 bits per heavy atom. The van der Waals surface area contributed by atoms with Crippen LogP contribution in [0.2, 0.25) is 0 Å². The van der Waals surface area contributed by atoms with Crippen molar-refractivity contribution in [3.63, 3.8) is 0 Å². The van der Waals surface area contributed by atoms with E-state index >= 15 is 0 Å². The third-order valence-corrected chi connectivity index (χ3v) is 9.52. The highest BCUT2D eigenvalue weighted by molar-refractivity contribution is 5.69. The molecule has 4 atom stereocenters. The van der Waals surface area contributed by atoms with Crippen LogP contribution in [0.15, 0.2) is 0 Å². The number of likely N-dealkylation sites (tertiary alicyclic amines) is 2. The number of nitrogens with zero attached hydrogens (tertiary/aromatic N) is 2. The number of aliphatic hydroxyl groups excluding tert-OH is 4. The lowest BCUT2D eigenvalue weighted by molar-refractivity contribution is 0.00863. The maximum atomic E-state index is 12.3. The van der Waals surface area contributed by atoms with Gasteiger partial charge >= 0.3 is 12.2 Å². The van der Waals surface area contributed by atoms with Crippen LogP contribution in [0.25, 0.3) is 0 Å². The van der Waals surface area contributed by atoms with Crippen molar-refractivity contribution in [1.29, 1.82) is 0 Å². The zero-order valence-corrected chi connectivity index (χ0v) is 26.8. The molecule has 2 saturated carbocycles. The molecule has 0 aromatic rings. The van der Waals surface area contributed by atoms with E-state index in [2.05, 4.69) is 0 Å². The number of carbonyl (C=O) groups excluding carboxylic acids is 2. The Morgan fingerprint density at radius 2 is 0.905 bits per heavy atom. The molecule has 4 aliphatic rings. The normalized spacial score (nSPS) is 34.0. The predicted octanol–water partition coefficient (Wildman–Crippen LogP) is 4.31. The molecule has 2 amide bonds. The van der Waals surface area contributed by atoms with Crippen molar-refractivity contribution in [2.75, 3.05) is 26.3 Å². The number of hydrogen-bond acceptors (Lipinski definition) is 8. The van der Waals surface area contributed by atoms with E-state index in [0.29, 0.717) is 36.8 Å². The lowest BCUT2D eigenvalue weighted by atomic mass is 9.76. The summed E-state index contributed by atoms with van der Waals surface area (Å²) in [6.07, 6.45) is 8.18. The van der Waals surface area contributed by atoms with E-state index in [-0.39, 0.29) is 49.7 Å². The highest BCUT2D eigenvalue weighted by atomic mass is 16.6. The fraction of sp³-hybridized carbons (Fsp3) is 0.938. The Kier molecular flexibility index (Phi) is 12.4. The lowest BCUT2D eigenvalue weighted by Crippen LogP contribution is -2.44. The van der Waals surface area contributed by atoms with Crippen molar-refractivity contribution in [3.8, 4) is 0 Å². The van der Waals surface area contributed by atoms with Crippen molar-refractivity contribution in [2.45, 2.75) is 141 Å². The van der Waals surface area contributed by atoms with E-state index in [4.69, 9.17) is 9.47 Å². The third kappa shape index (κ3) is 9.69. The molecule has 2 heterocycles. The maximum Gasteiger partial charge on any atom is 0.410 e. The van der Waals surface area contributed by atoms with Gasteiger partial charge in [0, 0.05) is 13.1 Å². The number of rotatable bonds is 4. The first-order chi connectivity index (χ1) is 19.6. The van der Waals surface area contributed by atoms with E-state index in [9.17, 15) is 30.0 Å². The minimum absolute atomic E-state index is 0.0109. The van der Waals surface area contributed by atoms with Gasteiger partial charge in [-0.1, -0.05) is 0 Å². The number of amides is 2. The quantitative estimate of drug-likeness (QED) is 0.375. The van der Waals surface area contributed by atoms with Gasteiger partial charge < -0.3 is 39.7 Å². The summed E-state index contributed by atoms with van der Waals surface area (Å²) in [5.74, 6) is 1.65. The van der Waals surface area contributed by atoms with Crippen molar-refractivity contribution < 1.29 is 39.5 Å². The van der Waals surface area contributed by atoms with Gasteiger partial charge in [0.25, 0.3) is 0 Å². The molecule has 0 radical (unpaired) electrons. The summed E-state index contributed by atoms with van der Waals surface area (Å²) in [5.41, 5.74) is -1.02. The fourth-order valence-corrected chi connectivity index (χ4v) is 7.48. The Balaban J connectivity index is 0.000000230. The van der Waals surface area contributed by atoms with Gasteiger partial charge in [-0.3, -0.25) is 0 Å². The van der Waals surface area contributed by atoms with E-state index < -0.39 is 11.2 Å². The van der Waals surface area contributed by atoms with Gasteiger partial charge in [-0.15, -0.1) is 0 Å². The second-order valence-corrected chi connectivity index (χ2v) is 14.9. The van der Waals surface area contributed by atoms with Gasteiger partial charge in [0.1, 0.15) is 11.2 Å². The summed E-state index contributed by atoms with van der Waals surface area (Å²) in [4.78, 5) is 27.9. The van der Waals surface area contributed by atoms with Gasteiger partial charge in [0.2, 0.25) is 0 Å². The van der Waals surface area contributed by atoms with Crippen LogP contribution in [-0.2, 0) is 9.47 Å². The van der Waals surface area contributed by atoms with Gasteiger partial charge in [0.15, 0.2) is 0 Å². The first-order valence-corrected chi connectivity index (χ1v) is 16.2. The average molecular weight is 599 g/mol. The first kappa shape index (κ1) is 34.9. The van der Waals surface area contributed by atoms with Crippen LogP contribution in [0.1, 0.15) is 106 Å². The van der Waals surface area contributed by atoms with E-state index in [1.165, 1.54) is 0 Å². The molecule has 2 aliphatic heterocycles. The van der Waals surface area contributed by atoms with E-state index in [1.54, 1.807) is 9.80 Å². The molecule has 4 fully saturated rings. The smallest absolute Gasteiger partial charge is 0.410 e. The number of hydrogen-bond donors (Lipinski definition) is 4. The zero-order chi connectivity index (χ0) is 31.2. The van der Waals surface area contributed by atoms with Gasteiger partial charge in [-0.05, 0) is 129 Å². The van der Waals surface area contributed by atoms with Gasteiger partial charge in [-0.25, -0.2) is 9.59 Å². The van der Waals surface area contributed by atoms with Crippen LogP contribution >= 0.6 is 0 Å². The summed E-state index contributed by atoms with van der Waals surface area (Å²) < 4.78 is 10.9. The second-order valence-electron chi connectivity index (χ2n) is 14.9. The lowest BCUT2D eigenvalue weighted by Gasteiger charge is -2.35. The standard InChI is InChI=1S/2C16H29NO4/c2*1-16(2,3)21-15(20)17-9-8-13(14(17)10-18)11-4-6-12(19)7-5-11/h2*11-14,18-19H,4-10H2,1-3H3/t2*11?,12?,13-,14+/m11/s1. The molecular weight excluding hydrogens is 540 g/mol. The van der Waals surface area contributed by atoms with Crippen molar-refractivity contribution >= 4 is 12.2 Å². The summed E-state index contributed by atoms with van der Waals surface area (Å²) in [7, 11) is 0. The summed E-state index contributed by atoms with van der Waals surface area (Å²) in [6.45, 7) is 12.4. The molecular formula is C32H58N2O8. The summed E-state index contributed by atoms with van der Waals surface area (Å²) >= 11 is 0. The van der Waals surface area contributed by atoms with Crippen molar-refractivity contribution in [1.82, 2.24) is 9.80 Å². The zero-order valence-electron chi connectivity index (χ0n) is 26.8. The molecule has 0 spiro atoms. The van der Waals surface area contributed by atoms with Crippen LogP contribution in [0.4, 0.5) is 9.59 Å². The van der Waals surface area contributed by atoms with Crippen LogP contribution in [0, 0.1) is 23.7 Å². The highest BCUT2D eigenvalue weighted by Gasteiger charge is 2.44. The summed E-state index contributed by atoms with van der Waals surface area (Å²) in [6, 6.07) is -0.278. The van der Waals surface area contributed by atoms with Crippen LogP contribution in [-0.4, -0.2) is 104 Å². The number of aliphatic hydroxyl groups is 4. The Bertz CT molecular complexity index is 786. The molecule has 4 rings (SSSR count). The highest BCUT2D eigenvalue weighted by Crippen LogP contribution is 2.40. The Morgan fingerprint density at radius 3 is 1.17 bits per heavy atom. The predicted molar refractivity (Wildman–Crippen MR) is 160 cm³/mol. The van der Waals surface area contributed by atoms with Crippen molar-refractivity contribution in [2.24, 2.45) is 23.7 Å². The largest absolute Gasteiger partial charge is 0.444 e. The van der Waals surface area contributed by atoms with Crippen LogP contribution in [0.3, 0.4) is 0 Å². The molecule has 4 N–H and O–H groups in total. The minimum atomic E-state index is -0.510. The number of carbonyl (C=O) groups is 2. The van der Waals surface area contributed by atoms with E-state index in [0.717, 1.165) is 64.2 Å². The molecule has 42 heavy (non-hydrogen) atoms. The Labute approximate surface area is 252 Å². The Hall–Kier alpha value is -1.62. The molecule has 0 unspecified atom stereocenters. The monoisotopic (exact) mass is 598 g/mol. The van der Waals surface area contributed by atoms with Crippen molar-refractivity contribution in [3.05, 3.63) is 0 Å². The molecule has 244 valence electrons. The SMILES string of the molecule is CC(C)(C)OC(=O)N1CC[C@H](C2CCC(O)CC2)[C@@H]1CO.CC(C)(C)OC(=O)N1CC[C@H](C2CCC(O)CC2)[C@@H]1CO. The molecule has 0 aromatic carbocycles. The summed E-state index contributed by atoms with van der Waals surface area (Å²) in [5, 5.41) is 38.7. The number of ether oxygens (including phenoxy) is 2. The first-order valence-electron chi connectivity index (χ1n) is 16.2. The van der Waals surface area contributed by atoms with Crippen LogP contribution < -0.4 is 0 Å². The maximum absolute atomic E-state index is 12.3. The molecule has 0 aromatic heterocycles. The molecule has 0 bridgehead atoms. The average Bonchev–Trinajstić information content (AvgIpc) is 3.52. The van der Waals surface area contributed by atoms with E-state index in [1.807, 2.05) is 41.5 Å². The molecule has 10 nitrogen and oxygen atoms in total. The molecule has 10 heteroatoms. The molecule has 2 aliphatic carbocycles. The topological polar surface area (TPSA) is 140 Å². The van der Waals surface area contributed by atoms with Gasteiger partial charge in [0.05, 0.1) is 37.5 Å².